The second-order valence-electron chi connectivity index (χ2n) is 5.49. The van der Waals surface area contributed by atoms with Gasteiger partial charge in [-0.3, -0.25) is 4.79 Å². The number of methoxy groups -OCH3 is 1. The fourth-order valence-electron chi connectivity index (χ4n) is 2.25. The Bertz CT molecular complexity index is 466. The molecule has 0 radical (unpaired) electrons. The second kappa shape index (κ2) is 10.3. The van der Waals surface area contributed by atoms with E-state index in [2.05, 4.69) is 24.5 Å². The molecule has 0 spiro atoms. The van der Waals surface area contributed by atoms with Crippen molar-refractivity contribution in [2.45, 2.75) is 52.0 Å². The molecule has 0 aromatic heterocycles. The van der Waals surface area contributed by atoms with Gasteiger partial charge >= 0.3 is 0 Å². The summed E-state index contributed by atoms with van der Waals surface area (Å²) < 4.78 is 5.26. The summed E-state index contributed by atoms with van der Waals surface area (Å²) in [5.41, 5.74) is 0.804. The van der Waals surface area contributed by atoms with Crippen molar-refractivity contribution in [1.82, 2.24) is 5.32 Å². The maximum atomic E-state index is 11.9. The van der Waals surface area contributed by atoms with Crippen LogP contribution >= 0.6 is 11.6 Å². The Kier molecular flexibility index (Phi) is 8.75. The fourth-order valence-corrected chi connectivity index (χ4v) is 2.42. The fraction of sp³-hybridized carbons (Fsp3) is 0.588. The molecule has 1 aromatic rings. The number of rotatable bonds is 10. The molecule has 0 unspecified atom stereocenters. The summed E-state index contributed by atoms with van der Waals surface area (Å²) in [6.07, 6.45) is 5.04. The van der Waals surface area contributed by atoms with E-state index in [1.54, 1.807) is 25.3 Å². The number of ether oxygens (including phenoxy) is 1. The third-order valence-electron chi connectivity index (χ3n) is 3.48. The summed E-state index contributed by atoms with van der Waals surface area (Å²) in [5, 5.41) is 6.86. The van der Waals surface area contributed by atoms with Crippen molar-refractivity contribution in [3.63, 3.8) is 0 Å². The maximum Gasteiger partial charge on any atom is 0.221 e. The highest BCUT2D eigenvalue weighted by atomic mass is 35.5. The Morgan fingerprint density at radius 3 is 2.82 bits per heavy atom. The van der Waals surface area contributed by atoms with Gasteiger partial charge < -0.3 is 15.4 Å². The Morgan fingerprint density at radius 1 is 1.36 bits per heavy atom. The second-order valence-corrected chi connectivity index (χ2v) is 5.92. The summed E-state index contributed by atoms with van der Waals surface area (Å²) in [7, 11) is 1.61. The number of anilines is 1. The van der Waals surface area contributed by atoms with E-state index in [0.717, 1.165) is 24.3 Å². The molecule has 0 aliphatic carbocycles. The number of benzene rings is 1. The quantitative estimate of drug-likeness (QED) is 0.632. The number of hydrogen-bond acceptors (Lipinski definition) is 3. The Labute approximate surface area is 138 Å². The number of halogens is 1. The molecule has 5 heteroatoms. The van der Waals surface area contributed by atoms with Gasteiger partial charge in [-0.15, -0.1) is 0 Å². The molecule has 124 valence electrons. The van der Waals surface area contributed by atoms with Crippen molar-refractivity contribution in [2.75, 3.05) is 19.0 Å². The first-order chi connectivity index (χ1) is 10.6. The first kappa shape index (κ1) is 18.6. The van der Waals surface area contributed by atoms with E-state index in [1.807, 2.05) is 0 Å². The molecule has 4 nitrogen and oxygen atoms in total. The van der Waals surface area contributed by atoms with E-state index in [4.69, 9.17) is 16.3 Å². The minimum atomic E-state index is 0.0671. The van der Waals surface area contributed by atoms with Gasteiger partial charge in [0.25, 0.3) is 0 Å². The third kappa shape index (κ3) is 7.03. The van der Waals surface area contributed by atoms with Gasteiger partial charge in [-0.2, -0.15) is 0 Å². The molecule has 0 aliphatic rings. The Morgan fingerprint density at radius 2 is 2.14 bits per heavy atom. The lowest BCUT2D eigenvalue weighted by molar-refractivity contribution is -0.121. The Balaban J connectivity index is 2.31. The molecule has 0 saturated heterocycles. The number of carbonyl (C=O) groups excluding carboxylic acids is 1. The number of carbonyl (C=O) groups is 1. The molecule has 1 amide bonds. The molecule has 0 heterocycles. The van der Waals surface area contributed by atoms with Gasteiger partial charge in [0.05, 0.1) is 12.8 Å². The van der Waals surface area contributed by atoms with Crippen LogP contribution in [0.1, 0.15) is 46.0 Å². The largest absolute Gasteiger partial charge is 0.495 e. The molecule has 1 rings (SSSR count). The smallest absolute Gasteiger partial charge is 0.221 e. The van der Waals surface area contributed by atoms with Gasteiger partial charge in [-0.05, 0) is 31.5 Å². The van der Waals surface area contributed by atoms with E-state index in [-0.39, 0.29) is 11.9 Å². The molecular weight excluding hydrogens is 300 g/mol. The minimum Gasteiger partial charge on any atom is -0.495 e. The summed E-state index contributed by atoms with van der Waals surface area (Å²) >= 11 is 5.97. The van der Waals surface area contributed by atoms with Gasteiger partial charge in [0, 0.05) is 24.0 Å². The molecule has 0 aliphatic heterocycles. The number of nitrogens with one attached hydrogen (secondary N) is 2. The lowest BCUT2D eigenvalue weighted by Crippen LogP contribution is -2.33. The highest BCUT2D eigenvalue weighted by Gasteiger charge is 2.08. The highest BCUT2D eigenvalue weighted by Crippen LogP contribution is 2.27. The first-order valence-corrected chi connectivity index (χ1v) is 8.31. The van der Waals surface area contributed by atoms with Crippen LogP contribution in [0.5, 0.6) is 5.75 Å². The highest BCUT2D eigenvalue weighted by molar-refractivity contribution is 6.30. The topological polar surface area (TPSA) is 50.4 Å². The van der Waals surface area contributed by atoms with Gasteiger partial charge in [-0.25, -0.2) is 0 Å². The molecule has 22 heavy (non-hydrogen) atoms. The monoisotopic (exact) mass is 326 g/mol. The lowest BCUT2D eigenvalue weighted by Gasteiger charge is -2.15. The molecular formula is C17H27ClN2O2. The average Bonchev–Trinajstić information content (AvgIpc) is 2.47. The van der Waals surface area contributed by atoms with Crippen LogP contribution < -0.4 is 15.4 Å². The van der Waals surface area contributed by atoms with Crippen molar-refractivity contribution in [2.24, 2.45) is 0 Å². The van der Waals surface area contributed by atoms with Crippen molar-refractivity contribution in [3.05, 3.63) is 23.2 Å². The summed E-state index contributed by atoms with van der Waals surface area (Å²) in [4.78, 5) is 11.9. The SMILES string of the molecule is CCCCC[C@@H](C)NC(=O)CCNc1cc(Cl)ccc1OC. The van der Waals surface area contributed by atoms with Crippen LogP contribution in [0.4, 0.5) is 5.69 Å². The minimum absolute atomic E-state index is 0.0671. The van der Waals surface area contributed by atoms with Crippen LogP contribution in [0.15, 0.2) is 18.2 Å². The van der Waals surface area contributed by atoms with Crippen molar-refractivity contribution >= 4 is 23.2 Å². The zero-order valence-corrected chi connectivity index (χ0v) is 14.5. The van der Waals surface area contributed by atoms with Gasteiger partial charge in [0.1, 0.15) is 5.75 Å². The van der Waals surface area contributed by atoms with E-state index >= 15 is 0 Å². The third-order valence-corrected chi connectivity index (χ3v) is 3.71. The van der Waals surface area contributed by atoms with Crippen LogP contribution in [0, 0.1) is 0 Å². The van der Waals surface area contributed by atoms with Gasteiger partial charge in [-0.1, -0.05) is 37.8 Å². The summed E-state index contributed by atoms with van der Waals surface area (Å²) in [6, 6.07) is 5.61. The van der Waals surface area contributed by atoms with Crippen LogP contribution in [-0.2, 0) is 4.79 Å². The predicted molar refractivity (Wildman–Crippen MR) is 92.9 cm³/mol. The lowest BCUT2D eigenvalue weighted by atomic mass is 10.1. The van der Waals surface area contributed by atoms with E-state index in [0.29, 0.717) is 18.0 Å². The van der Waals surface area contributed by atoms with Crippen molar-refractivity contribution in [1.29, 1.82) is 0 Å². The van der Waals surface area contributed by atoms with E-state index < -0.39 is 0 Å². The van der Waals surface area contributed by atoms with Crippen molar-refractivity contribution in [3.8, 4) is 5.75 Å². The molecule has 0 bridgehead atoms. The standard InChI is InChI=1S/C17H27ClN2O2/c1-4-5-6-7-13(2)20-17(21)10-11-19-15-12-14(18)8-9-16(15)22-3/h8-9,12-13,19H,4-7,10-11H2,1-3H3,(H,20,21)/t13-/m1/s1. The molecule has 1 aromatic carbocycles. The zero-order valence-electron chi connectivity index (χ0n) is 13.7. The maximum absolute atomic E-state index is 11.9. The van der Waals surface area contributed by atoms with Crippen LogP contribution in [0.3, 0.4) is 0 Å². The van der Waals surface area contributed by atoms with Gasteiger partial charge in [0.2, 0.25) is 5.91 Å². The zero-order chi connectivity index (χ0) is 16.4. The van der Waals surface area contributed by atoms with Crippen LogP contribution in [-0.4, -0.2) is 25.6 Å². The molecule has 1 atom stereocenters. The van der Waals surface area contributed by atoms with Crippen LogP contribution in [0.25, 0.3) is 0 Å². The summed E-state index contributed by atoms with van der Waals surface area (Å²) in [5.74, 6) is 0.787. The number of unbranched alkanes of at least 4 members (excludes halogenated alkanes) is 2. The molecule has 0 fully saturated rings. The average molecular weight is 327 g/mol. The van der Waals surface area contributed by atoms with Gasteiger partial charge in [0.15, 0.2) is 0 Å². The molecule has 2 N–H and O–H groups in total. The van der Waals surface area contributed by atoms with Crippen molar-refractivity contribution < 1.29 is 9.53 Å². The first-order valence-electron chi connectivity index (χ1n) is 7.93. The molecule has 0 saturated carbocycles. The van der Waals surface area contributed by atoms with E-state index in [1.165, 1.54) is 12.8 Å². The van der Waals surface area contributed by atoms with E-state index in [9.17, 15) is 4.79 Å². The normalized spacial score (nSPS) is 11.8. The number of hydrogen-bond donors (Lipinski definition) is 2. The summed E-state index contributed by atoms with van der Waals surface area (Å²) in [6.45, 7) is 4.78. The number of amides is 1. The predicted octanol–water partition coefficient (Wildman–Crippen LogP) is 4.24. The Hall–Kier alpha value is -1.42. The van der Waals surface area contributed by atoms with Crippen LogP contribution in [0.2, 0.25) is 5.02 Å².